The maximum absolute atomic E-state index is 6.04. The van der Waals surface area contributed by atoms with Crippen LogP contribution in [0.4, 0.5) is 0 Å². The molecule has 4 heteroatoms. The van der Waals surface area contributed by atoms with Crippen LogP contribution >= 0.6 is 11.6 Å². The summed E-state index contributed by atoms with van der Waals surface area (Å²) in [5, 5.41) is 5.66. The van der Waals surface area contributed by atoms with Gasteiger partial charge < -0.3 is 0 Å². The summed E-state index contributed by atoms with van der Waals surface area (Å²) in [6, 6.07) is 7.99. The van der Waals surface area contributed by atoms with Crippen LogP contribution in [0.2, 0.25) is 5.02 Å². The van der Waals surface area contributed by atoms with Gasteiger partial charge in [0, 0.05) is 22.5 Å². The largest absolute Gasteiger partial charge is 0.236 e. The number of hydrogen-bond acceptors (Lipinski definition) is 2. The Bertz CT molecular complexity index is 849. The van der Waals surface area contributed by atoms with E-state index >= 15 is 0 Å². The number of rotatable bonds is 2. The van der Waals surface area contributed by atoms with Gasteiger partial charge in [0.2, 0.25) is 0 Å². The van der Waals surface area contributed by atoms with Gasteiger partial charge in [-0.2, -0.15) is 5.10 Å². The summed E-state index contributed by atoms with van der Waals surface area (Å²) in [7, 11) is 0. The maximum atomic E-state index is 6.04. The molecule has 0 atom stereocenters. The van der Waals surface area contributed by atoms with Gasteiger partial charge in [-0.25, -0.2) is 9.50 Å². The summed E-state index contributed by atoms with van der Waals surface area (Å²) in [4.78, 5) is 4.77. The molecule has 0 saturated carbocycles. The Morgan fingerprint density at radius 3 is 2.65 bits per heavy atom. The van der Waals surface area contributed by atoms with Crippen molar-refractivity contribution in [1.82, 2.24) is 14.6 Å². The molecule has 0 bridgehead atoms. The number of nitrogens with zero attached hydrogens (tertiary/aromatic N) is 3. The Morgan fingerprint density at radius 2 is 1.87 bits per heavy atom. The second-order valence-corrected chi connectivity index (χ2v) is 6.64. The van der Waals surface area contributed by atoms with E-state index in [9.17, 15) is 0 Å². The maximum Gasteiger partial charge on any atom is 0.163 e. The molecule has 0 radical (unpaired) electrons. The average Bonchev–Trinajstić information content (AvgIpc) is 2.78. The van der Waals surface area contributed by atoms with Crippen molar-refractivity contribution in [3.05, 3.63) is 52.4 Å². The highest BCUT2D eigenvalue weighted by Crippen LogP contribution is 2.31. The van der Waals surface area contributed by atoms with Gasteiger partial charge in [0.15, 0.2) is 5.65 Å². The van der Waals surface area contributed by atoms with Gasteiger partial charge in [-0.05, 0) is 55.4 Å². The fraction of sp³-hybridized carbons (Fsp3) is 0.368. The molecule has 2 heterocycles. The third-order valence-corrected chi connectivity index (χ3v) is 4.98. The molecule has 1 aliphatic carbocycles. The van der Waals surface area contributed by atoms with Gasteiger partial charge in [-0.1, -0.05) is 37.1 Å². The van der Waals surface area contributed by atoms with Crippen LogP contribution in [0.3, 0.4) is 0 Å². The normalized spacial score (nSPS) is 14.7. The predicted molar refractivity (Wildman–Crippen MR) is 94.1 cm³/mol. The van der Waals surface area contributed by atoms with E-state index in [0.29, 0.717) is 0 Å². The number of aryl methyl sites for hydroxylation is 3. The van der Waals surface area contributed by atoms with Crippen molar-refractivity contribution < 1.29 is 0 Å². The summed E-state index contributed by atoms with van der Waals surface area (Å²) in [6.07, 6.45) is 8.97. The van der Waals surface area contributed by atoms with E-state index in [1.165, 1.54) is 30.5 Å². The molecule has 3 nitrogen and oxygen atoms in total. The molecule has 0 aliphatic heterocycles. The second-order valence-electron chi connectivity index (χ2n) is 6.21. The van der Waals surface area contributed by atoms with Crippen LogP contribution in [-0.4, -0.2) is 14.6 Å². The van der Waals surface area contributed by atoms with E-state index in [1.807, 2.05) is 12.1 Å². The van der Waals surface area contributed by atoms with Gasteiger partial charge in [-0.15, -0.1) is 0 Å². The summed E-state index contributed by atoms with van der Waals surface area (Å²) >= 11 is 6.04. The van der Waals surface area contributed by atoms with E-state index in [2.05, 4.69) is 29.8 Å². The standard InChI is InChI=1S/C19H20ClN3/c1-2-16-18(13-8-10-15(20)11-9-13)19-21-12-14-6-4-3-5-7-17(14)23(19)22-16/h8-12H,2-7H2,1H3. The first-order valence-electron chi connectivity index (χ1n) is 8.42. The lowest BCUT2D eigenvalue weighted by Gasteiger charge is -2.08. The number of hydrogen-bond donors (Lipinski definition) is 0. The first-order valence-corrected chi connectivity index (χ1v) is 8.80. The quantitative estimate of drug-likeness (QED) is 0.628. The van der Waals surface area contributed by atoms with E-state index < -0.39 is 0 Å². The monoisotopic (exact) mass is 325 g/mol. The van der Waals surface area contributed by atoms with Crippen LogP contribution in [0, 0.1) is 0 Å². The molecule has 0 unspecified atom stereocenters. The van der Waals surface area contributed by atoms with E-state index in [4.69, 9.17) is 21.7 Å². The zero-order valence-corrected chi connectivity index (χ0v) is 14.1. The third-order valence-electron chi connectivity index (χ3n) is 4.73. The second kappa shape index (κ2) is 5.97. The van der Waals surface area contributed by atoms with Gasteiger partial charge in [-0.3, -0.25) is 0 Å². The fourth-order valence-electron chi connectivity index (χ4n) is 3.53. The highest BCUT2D eigenvalue weighted by Gasteiger charge is 2.19. The smallest absolute Gasteiger partial charge is 0.163 e. The summed E-state index contributed by atoms with van der Waals surface area (Å²) in [5.74, 6) is 0. The van der Waals surface area contributed by atoms with Gasteiger partial charge in [0.25, 0.3) is 0 Å². The fourth-order valence-corrected chi connectivity index (χ4v) is 3.66. The van der Waals surface area contributed by atoms with Crippen molar-refractivity contribution in [3.8, 4) is 11.1 Å². The van der Waals surface area contributed by atoms with E-state index in [0.717, 1.165) is 46.8 Å². The molecule has 118 valence electrons. The third kappa shape index (κ3) is 2.53. The van der Waals surface area contributed by atoms with Crippen LogP contribution in [-0.2, 0) is 19.3 Å². The van der Waals surface area contributed by atoms with Crippen LogP contribution in [0.15, 0.2) is 30.5 Å². The van der Waals surface area contributed by atoms with Crippen molar-refractivity contribution in [1.29, 1.82) is 0 Å². The Hall–Kier alpha value is -1.87. The van der Waals surface area contributed by atoms with Crippen LogP contribution in [0.25, 0.3) is 16.8 Å². The summed E-state index contributed by atoms with van der Waals surface area (Å²) < 4.78 is 2.10. The minimum atomic E-state index is 0.755. The number of aromatic nitrogens is 3. The molecule has 1 aliphatic rings. The summed E-state index contributed by atoms with van der Waals surface area (Å²) in [6.45, 7) is 2.15. The first kappa shape index (κ1) is 14.7. The van der Waals surface area contributed by atoms with Crippen LogP contribution < -0.4 is 0 Å². The predicted octanol–water partition coefficient (Wildman–Crippen LogP) is 4.88. The van der Waals surface area contributed by atoms with Crippen molar-refractivity contribution in [2.45, 2.75) is 45.4 Å². The Morgan fingerprint density at radius 1 is 1.09 bits per heavy atom. The molecular formula is C19H20ClN3. The lowest BCUT2D eigenvalue weighted by Crippen LogP contribution is -2.04. The van der Waals surface area contributed by atoms with Gasteiger partial charge >= 0.3 is 0 Å². The Balaban J connectivity index is 1.97. The van der Waals surface area contributed by atoms with Crippen LogP contribution in [0.1, 0.15) is 43.1 Å². The van der Waals surface area contributed by atoms with E-state index in [1.54, 1.807) is 0 Å². The highest BCUT2D eigenvalue weighted by molar-refractivity contribution is 6.30. The molecule has 0 fully saturated rings. The van der Waals surface area contributed by atoms with Crippen molar-refractivity contribution in [3.63, 3.8) is 0 Å². The first-order chi connectivity index (χ1) is 11.3. The van der Waals surface area contributed by atoms with Crippen LogP contribution in [0.5, 0.6) is 0 Å². The number of fused-ring (bicyclic) bond motifs is 3. The molecule has 3 aromatic rings. The van der Waals surface area contributed by atoms with Crippen molar-refractivity contribution in [2.75, 3.05) is 0 Å². The Kier molecular flexibility index (Phi) is 3.82. The molecular weight excluding hydrogens is 306 g/mol. The lowest BCUT2D eigenvalue weighted by atomic mass is 10.0. The molecule has 0 saturated heterocycles. The van der Waals surface area contributed by atoms with Crippen molar-refractivity contribution >= 4 is 17.2 Å². The highest BCUT2D eigenvalue weighted by atomic mass is 35.5. The summed E-state index contributed by atoms with van der Waals surface area (Å²) in [5.41, 5.74) is 7.09. The topological polar surface area (TPSA) is 30.2 Å². The molecule has 2 aromatic heterocycles. The molecule has 4 rings (SSSR count). The lowest BCUT2D eigenvalue weighted by molar-refractivity contribution is 0.700. The molecule has 0 N–H and O–H groups in total. The Labute approximate surface area is 141 Å². The van der Waals surface area contributed by atoms with Gasteiger partial charge in [0.05, 0.1) is 5.69 Å². The zero-order valence-electron chi connectivity index (χ0n) is 13.3. The van der Waals surface area contributed by atoms with Crippen molar-refractivity contribution in [2.24, 2.45) is 0 Å². The number of halogens is 1. The molecule has 0 amide bonds. The molecule has 23 heavy (non-hydrogen) atoms. The minimum Gasteiger partial charge on any atom is -0.236 e. The zero-order chi connectivity index (χ0) is 15.8. The molecule has 1 aromatic carbocycles. The SMILES string of the molecule is CCc1nn2c3c(cnc2c1-c1ccc(Cl)cc1)CCCCC3. The number of benzene rings is 1. The van der Waals surface area contributed by atoms with E-state index in [-0.39, 0.29) is 0 Å². The molecule has 0 spiro atoms. The minimum absolute atomic E-state index is 0.755. The van der Waals surface area contributed by atoms with Gasteiger partial charge in [0.1, 0.15) is 0 Å². The average molecular weight is 326 g/mol.